The molecule has 1 aromatic heterocycles. The van der Waals surface area contributed by atoms with Gasteiger partial charge < -0.3 is 19.4 Å². The summed E-state index contributed by atoms with van der Waals surface area (Å²) in [6, 6.07) is 5.17. The van der Waals surface area contributed by atoms with Gasteiger partial charge in [0.2, 0.25) is 0 Å². The van der Waals surface area contributed by atoms with E-state index in [9.17, 15) is 10.0 Å². The van der Waals surface area contributed by atoms with Gasteiger partial charge in [-0.2, -0.15) is 0 Å². The normalized spacial score (nSPS) is 10.4. The van der Waals surface area contributed by atoms with Gasteiger partial charge in [-0.25, -0.2) is 4.98 Å². The highest BCUT2D eigenvalue weighted by Crippen LogP contribution is 2.13. The van der Waals surface area contributed by atoms with Crippen LogP contribution in [-0.2, 0) is 6.54 Å². The molecule has 0 spiro atoms. The van der Waals surface area contributed by atoms with Crippen LogP contribution >= 0.6 is 0 Å². The van der Waals surface area contributed by atoms with E-state index in [4.69, 9.17) is 4.74 Å². The fourth-order valence-electron chi connectivity index (χ4n) is 1.85. The first-order chi connectivity index (χ1) is 8.61. The molecule has 2 aromatic rings. The molecule has 0 atom stereocenters. The van der Waals surface area contributed by atoms with Crippen LogP contribution in [0, 0.1) is 6.92 Å². The Hall–Kier alpha value is -1.79. The van der Waals surface area contributed by atoms with Crippen molar-refractivity contribution in [1.82, 2.24) is 9.55 Å². The monoisotopic (exact) mass is 246 g/mol. The van der Waals surface area contributed by atoms with Gasteiger partial charge in [0.25, 0.3) is 0 Å². The largest absolute Gasteiger partial charge is 0.497 e. The molecule has 2 rings (SSSR count). The van der Waals surface area contributed by atoms with Crippen LogP contribution in [0.25, 0.3) is 0 Å². The summed E-state index contributed by atoms with van der Waals surface area (Å²) in [6.07, 6.45) is 3.56. The van der Waals surface area contributed by atoms with Gasteiger partial charge in [-0.15, -0.1) is 0 Å². The Morgan fingerprint density at radius 1 is 1.39 bits per heavy atom. The predicted molar refractivity (Wildman–Crippen MR) is 68.9 cm³/mol. The fourth-order valence-corrected chi connectivity index (χ4v) is 1.85. The number of aromatic nitrogens is 2. The average Bonchev–Trinajstić information content (AvgIpc) is 2.74. The Balaban J connectivity index is 2.38. The maximum atomic E-state index is 9.36. The van der Waals surface area contributed by atoms with Crippen LogP contribution in [0.1, 0.15) is 11.4 Å². The molecule has 2 N–H and O–H groups in total. The van der Waals surface area contributed by atoms with Crippen molar-refractivity contribution in [2.24, 2.45) is 0 Å². The molecule has 1 aromatic carbocycles. The maximum Gasteiger partial charge on any atom is 0.488 e. The van der Waals surface area contributed by atoms with Crippen LogP contribution in [-0.4, -0.2) is 33.8 Å². The van der Waals surface area contributed by atoms with Crippen molar-refractivity contribution in [3.05, 3.63) is 42.0 Å². The third-order valence-corrected chi connectivity index (χ3v) is 2.89. The van der Waals surface area contributed by atoms with Crippen LogP contribution in [0.2, 0.25) is 0 Å². The highest BCUT2D eigenvalue weighted by atomic mass is 16.5. The van der Waals surface area contributed by atoms with E-state index < -0.39 is 7.12 Å². The van der Waals surface area contributed by atoms with E-state index in [2.05, 4.69) is 4.98 Å². The first-order valence-corrected chi connectivity index (χ1v) is 5.62. The molecule has 18 heavy (non-hydrogen) atoms. The molecule has 0 saturated heterocycles. The van der Waals surface area contributed by atoms with Gasteiger partial charge in [-0.3, -0.25) is 0 Å². The van der Waals surface area contributed by atoms with Gasteiger partial charge in [-0.1, -0.05) is 6.07 Å². The molecular formula is C12H15BN2O3. The Morgan fingerprint density at radius 3 is 2.72 bits per heavy atom. The Kier molecular flexibility index (Phi) is 3.69. The van der Waals surface area contributed by atoms with Gasteiger partial charge in [-0.05, 0) is 30.1 Å². The number of methoxy groups -OCH3 is 1. The second kappa shape index (κ2) is 5.24. The third-order valence-electron chi connectivity index (χ3n) is 2.89. The highest BCUT2D eigenvalue weighted by Gasteiger charge is 2.17. The quantitative estimate of drug-likeness (QED) is 0.741. The molecule has 0 aliphatic heterocycles. The number of aryl methyl sites for hydroxylation is 1. The lowest BCUT2D eigenvalue weighted by Crippen LogP contribution is -2.33. The Bertz CT molecular complexity index is 540. The SMILES string of the molecule is COc1ccc(B(O)O)c(Cn2ccnc2C)c1. The van der Waals surface area contributed by atoms with Gasteiger partial charge in [0, 0.05) is 18.9 Å². The molecule has 1 heterocycles. The summed E-state index contributed by atoms with van der Waals surface area (Å²) in [5.41, 5.74) is 1.27. The van der Waals surface area contributed by atoms with Gasteiger partial charge in [0.05, 0.1) is 7.11 Å². The van der Waals surface area contributed by atoms with E-state index in [1.807, 2.05) is 17.7 Å². The zero-order valence-electron chi connectivity index (χ0n) is 10.4. The van der Waals surface area contributed by atoms with E-state index in [1.165, 1.54) is 0 Å². The van der Waals surface area contributed by atoms with E-state index in [-0.39, 0.29) is 0 Å². The molecule has 0 unspecified atom stereocenters. The Morgan fingerprint density at radius 2 is 2.17 bits per heavy atom. The van der Waals surface area contributed by atoms with Crippen molar-refractivity contribution in [3.63, 3.8) is 0 Å². The molecule has 0 aliphatic rings. The summed E-state index contributed by atoms with van der Waals surface area (Å²) in [6.45, 7) is 2.42. The van der Waals surface area contributed by atoms with Gasteiger partial charge in [0.1, 0.15) is 11.6 Å². The summed E-state index contributed by atoms with van der Waals surface area (Å²) in [4.78, 5) is 4.14. The number of benzene rings is 1. The maximum absolute atomic E-state index is 9.36. The van der Waals surface area contributed by atoms with Crippen molar-refractivity contribution in [2.45, 2.75) is 13.5 Å². The number of ether oxygens (including phenoxy) is 1. The lowest BCUT2D eigenvalue weighted by molar-refractivity contribution is 0.413. The summed E-state index contributed by atoms with van der Waals surface area (Å²) in [5.74, 6) is 1.56. The third kappa shape index (κ3) is 2.55. The molecule has 0 saturated carbocycles. The van der Waals surface area contributed by atoms with Gasteiger partial charge in [0.15, 0.2) is 0 Å². The number of rotatable bonds is 4. The lowest BCUT2D eigenvalue weighted by Gasteiger charge is -2.12. The van der Waals surface area contributed by atoms with Crippen molar-refractivity contribution in [1.29, 1.82) is 0 Å². The zero-order valence-corrected chi connectivity index (χ0v) is 10.4. The predicted octanol–water partition coefficient (Wildman–Crippen LogP) is -0.0718. The number of imidazole rings is 1. The second-order valence-electron chi connectivity index (χ2n) is 4.04. The van der Waals surface area contributed by atoms with Crippen molar-refractivity contribution in [2.75, 3.05) is 7.11 Å². The van der Waals surface area contributed by atoms with E-state index in [0.717, 1.165) is 11.4 Å². The number of nitrogens with zero attached hydrogens (tertiary/aromatic N) is 2. The molecule has 0 radical (unpaired) electrons. The van der Waals surface area contributed by atoms with Crippen LogP contribution in [0.3, 0.4) is 0 Å². The smallest absolute Gasteiger partial charge is 0.488 e. The fraction of sp³-hybridized carbons (Fsp3) is 0.250. The lowest BCUT2D eigenvalue weighted by atomic mass is 9.77. The van der Waals surface area contributed by atoms with E-state index in [1.54, 1.807) is 31.5 Å². The molecular weight excluding hydrogens is 231 g/mol. The summed E-state index contributed by atoms with van der Waals surface area (Å²) in [5, 5.41) is 18.7. The minimum atomic E-state index is -1.49. The van der Waals surface area contributed by atoms with Crippen LogP contribution in [0.4, 0.5) is 0 Å². The minimum Gasteiger partial charge on any atom is -0.497 e. The summed E-state index contributed by atoms with van der Waals surface area (Å²) >= 11 is 0. The molecule has 0 fully saturated rings. The topological polar surface area (TPSA) is 67.5 Å². The minimum absolute atomic E-state index is 0.476. The molecule has 94 valence electrons. The van der Waals surface area contributed by atoms with Crippen LogP contribution < -0.4 is 10.2 Å². The first-order valence-electron chi connectivity index (χ1n) is 5.62. The molecule has 6 heteroatoms. The molecule has 0 bridgehead atoms. The molecule has 0 amide bonds. The second-order valence-corrected chi connectivity index (χ2v) is 4.04. The number of hydrogen-bond donors (Lipinski definition) is 2. The van der Waals surface area contributed by atoms with Crippen molar-refractivity contribution in [3.8, 4) is 5.75 Å². The van der Waals surface area contributed by atoms with E-state index >= 15 is 0 Å². The van der Waals surface area contributed by atoms with E-state index in [0.29, 0.717) is 17.8 Å². The van der Waals surface area contributed by atoms with Gasteiger partial charge >= 0.3 is 7.12 Å². The summed E-state index contributed by atoms with van der Waals surface area (Å²) < 4.78 is 7.08. The highest BCUT2D eigenvalue weighted by molar-refractivity contribution is 6.59. The zero-order chi connectivity index (χ0) is 13.1. The van der Waals surface area contributed by atoms with Crippen molar-refractivity contribution < 1.29 is 14.8 Å². The number of hydrogen-bond acceptors (Lipinski definition) is 4. The molecule has 5 nitrogen and oxygen atoms in total. The Labute approximate surface area is 106 Å². The first kappa shape index (κ1) is 12.7. The summed E-state index contributed by atoms with van der Waals surface area (Å²) in [7, 11) is 0.0890. The van der Waals surface area contributed by atoms with Crippen LogP contribution in [0.15, 0.2) is 30.6 Å². The van der Waals surface area contributed by atoms with Crippen molar-refractivity contribution >= 4 is 12.6 Å². The van der Waals surface area contributed by atoms with Crippen LogP contribution in [0.5, 0.6) is 5.75 Å². The standard InChI is InChI=1S/C12H15BN2O3/c1-9-14-5-6-15(9)8-10-7-11(18-2)3-4-12(10)13(16)17/h3-7,16-17H,8H2,1-2H3. The molecule has 0 aliphatic carbocycles. The average molecular weight is 246 g/mol.